The zero-order chi connectivity index (χ0) is 6.57. The van der Waals surface area contributed by atoms with E-state index in [1.165, 1.54) is 0 Å². The molecule has 0 aliphatic carbocycles. The van der Waals surface area contributed by atoms with Crippen LogP contribution in [0.4, 0.5) is 0 Å². The molecule has 0 spiro atoms. The summed E-state index contributed by atoms with van der Waals surface area (Å²) in [5.74, 6) is 0.447. The molecule has 0 aromatic heterocycles. The highest BCUT2D eigenvalue weighted by atomic mass is 35.5. The Hall–Kier alpha value is 0.540. The number of aliphatic imine (C=N–C) groups is 1. The first-order chi connectivity index (χ1) is 3.66. The van der Waals surface area contributed by atoms with Crippen molar-refractivity contribution in [2.45, 2.75) is 13.0 Å². The maximum absolute atomic E-state index is 5.37. The van der Waals surface area contributed by atoms with Gasteiger partial charge in [0, 0.05) is 5.88 Å². The van der Waals surface area contributed by atoms with Crippen molar-refractivity contribution in [1.29, 1.82) is 0 Å². The van der Waals surface area contributed by atoms with Crippen molar-refractivity contribution >= 4 is 39.4 Å². The van der Waals surface area contributed by atoms with E-state index >= 15 is 0 Å². The molecule has 1 atom stereocenters. The van der Waals surface area contributed by atoms with Gasteiger partial charge in [-0.25, -0.2) is 0 Å². The second kappa shape index (κ2) is 4.42. The van der Waals surface area contributed by atoms with Gasteiger partial charge in [-0.1, -0.05) is 0 Å². The highest BCUT2D eigenvalue weighted by Crippen LogP contribution is 1.98. The van der Waals surface area contributed by atoms with E-state index in [0.29, 0.717) is 5.88 Å². The quantitative estimate of drug-likeness (QED) is 0.450. The molecule has 0 amide bonds. The summed E-state index contributed by atoms with van der Waals surface area (Å²) in [6.45, 7) is 1.83. The molecule has 48 valence electrons. The molecule has 1 nitrogen and oxygen atoms in total. The van der Waals surface area contributed by atoms with E-state index in [4.69, 9.17) is 34.8 Å². The van der Waals surface area contributed by atoms with Gasteiger partial charge in [-0.05, 0) is 30.1 Å². The Morgan fingerprint density at radius 3 is 2.25 bits per heavy atom. The second-order valence-corrected chi connectivity index (χ2v) is 2.59. The van der Waals surface area contributed by atoms with Gasteiger partial charge >= 0.3 is 0 Å². The number of rotatable bonds is 2. The fourth-order valence-corrected chi connectivity index (χ4v) is 0.603. The summed E-state index contributed by atoms with van der Waals surface area (Å²) < 4.78 is 0.0400. The fraction of sp³-hybridized carbons (Fsp3) is 0.750. The van der Waals surface area contributed by atoms with Crippen LogP contribution in [0, 0.1) is 0 Å². The predicted molar refractivity (Wildman–Crippen MR) is 39.3 cm³/mol. The molecule has 0 rings (SSSR count). The van der Waals surface area contributed by atoms with E-state index < -0.39 is 0 Å². The van der Waals surface area contributed by atoms with Crippen molar-refractivity contribution in [2.75, 3.05) is 5.88 Å². The second-order valence-electron chi connectivity index (χ2n) is 1.37. The molecule has 4 heteroatoms. The molecule has 0 aromatic rings. The summed E-state index contributed by atoms with van der Waals surface area (Å²) in [4.78, 5) is 3.71. The standard InChI is InChI=1S/C4H6Cl3N/c1-3(2-5)8-4(6)7/h3H,2H2,1H3. The lowest BCUT2D eigenvalue weighted by Gasteiger charge is -1.95. The van der Waals surface area contributed by atoms with Gasteiger partial charge in [0.15, 0.2) is 4.63 Å². The van der Waals surface area contributed by atoms with Gasteiger partial charge < -0.3 is 0 Å². The summed E-state index contributed by atoms with van der Waals surface area (Å²) in [7, 11) is 0. The molecule has 0 aliphatic rings. The SMILES string of the molecule is CC(CCl)N=C(Cl)Cl. The minimum absolute atomic E-state index is 0.0154. The Kier molecular flexibility index (Phi) is 4.72. The maximum Gasteiger partial charge on any atom is 0.192 e. The summed E-state index contributed by atoms with van der Waals surface area (Å²) in [6, 6.07) is 0.0154. The Balaban J connectivity index is 3.51. The first-order valence-corrected chi connectivity index (χ1v) is 3.40. The lowest BCUT2D eigenvalue weighted by molar-refractivity contribution is 0.850. The van der Waals surface area contributed by atoms with E-state index in [0.717, 1.165) is 0 Å². The zero-order valence-electron chi connectivity index (χ0n) is 4.37. The molecular weight excluding hydrogens is 168 g/mol. The average Bonchev–Trinajstić information content (AvgIpc) is 1.65. The first kappa shape index (κ1) is 8.54. The number of nitrogens with zero attached hydrogens (tertiary/aromatic N) is 1. The molecule has 0 saturated heterocycles. The molecule has 1 unspecified atom stereocenters. The zero-order valence-corrected chi connectivity index (χ0v) is 6.63. The van der Waals surface area contributed by atoms with E-state index in [-0.39, 0.29) is 10.7 Å². The number of hydrogen-bond acceptors (Lipinski definition) is 1. The van der Waals surface area contributed by atoms with Crippen LogP contribution in [0.25, 0.3) is 0 Å². The molecule has 0 N–H and O–H groups in total. The van der Waals surface area contributed by atoms with Crippen molar-refractivity contribution in [3.05, 3.63) is 0 Å². The molecule has 0 heterocycles. The highest BCUT2D eigenvalue weighted by Gasteiger charge is 1.94. The molecule has 0 aliphatic heterocycles. The van der Waals surface area contributed by atoms with E-state index in [9.17, 15) is 0 Å². The van der Waals surface area contributed by atoms with Crippen LogP contribution in [0.1, 0.15) is 6.92 Å². The van der Waals surface area contributed by atoms with Crippen LogP contribution in [0.3, 0.4) is 0 Å². The number of halogens is 3. The van der Waals surface area contributed by atoms with Gasteiger partial charge in [0.1, 0.15) is 0 Å². The van der Waals surface area contributed by atoms with Gasteiger partial charge in [0.2, 0.25) is 0 Å². The highest BCUT2D eigenvalue weighted by molar-refractivity contribution is 6.95. The summed E-state index contributed by atoms with van der Waals surface area (Å²) in [5, 5.41) is 0. The summed E-state index contributed by atoms with van der Waals surface area (Å²) >= 11 is 15.8. The van der Waals surface area contributed by atoms with Gasteiger partial charge in [-0.15, -0.1) is 11.6 Å². The van der Waals surface area contributed by atoms with Crippen LogP contribution in [0.2, 0.25) is 0 Å². The predicted octanol–water partition coefficient (Wildman–Crippen LogP) is 2.45. The van der Waals surface area contributed by atoms with Gasteiger partial charge in [-0.2, -0.15) is 0 Å². The van der Waals surface area contributed by atoms with Crippen LogP contribution in [0.15, 0.2) is 4.99 Å². The van der Waals surface area contributed by atoms with Crippen molar-refractivity contribution in [3.8, 4) is 0 Å². The topological polar surface area (TPSA) is 12.4 Å². The van der Waals surface area contributed by atoms with Crippen molar-refractivity contribution in [1.82, 2.24) is 0 Å². The Labute approximate surface area is 63.6 Å². The molecule has 0 fully saturated rings. The Bertz CT molecular complexity index is 87.3. The maximum atomic E-state index is 5.37. The molecule has 0 radical (unpaired) electrons. The largest absolute Gasteiger partial charge is 0.258 e. The molecular formula is C4H6Cl3N. The van der Waals surface area contributed by atoms with Crippen molar-refractivity contribution < 1.29 is 0 Å². The third-order valence-corrected chi connectivity index (χ3v) is 1.18. The van der Waals surface area contributed by atoms with Gasteiger partial charge in [0.05, 0.1) is 6.04 Å². The first-order valence-electron chi connectivity index (χ1n) is 2.11. The third-order valence-electron chi connectivity index (χ3n) is 0.541. The van der Waals surface area contributed by atoms with Crippen LogP contribution in [-0.2, 0) is 0 Å². The minimum atomic E-state index is 0.0154. The van der Waals surface area contributed by atoms with Crippen molar-refractivity contribution in [3.63, 3.8) is 0 Å². The number of hydrogen-bond donors (Lipinski definition) is 0. The van der Waals surface area contributed by atoms with Gasteiger partial charge in [0.25, 0.3) is 0 Å². The average molecular weight is 174 g/mol. The third kappa shape index (κ3) is 4.69. The van der Waals surface area contributed by atoms with Gasteiger partial charge in [-0.3, -0.25) is 4.99 Å². The minimum Gasteiger partial charge on any atom is -0.258 e. The van der Waals surface area contributed by atoms with E-state index in [2.05, 4.69) is 4.99 Å². The number of alkyl halides is 1. The fourth-order valence-electron chi connectivity index (χ4n) is 0.201. The van der Waals surface area contributed by atoms with E-state index in [1.54, 1.807) is 0 Å². The molecule has 0 saturated carbocycles. The van der Waals surface area contributed by atoms with E-state index in [1.807, 2.05) is 6.92 Å². The van der Waals surface area contributed by atoms with Crippen LogP contribution >= 0.6 is 34.8 Å². The van der Waals surface area contributed by atoms with Crippen molar-refractivity contribution in [2.24, 2.45) is 4.99 Å². The van der Waals surface area contributed by atoms with Crippen LogP contribution in [-0.4, -0.2) is 16.6 Å². The summed E-state index contributed by atoms with van der Waals surface area (Å²) in [6.07, 6.45) is 0. The van der Waals surface area contributed by atoms with Crippen LogP contribution in [0.5, 0.6) is 0 Å². The Morgan fingerprint density at radius 1 is 1.62 bits per heavy atom. The lowest BCUT2D eigenvalue weighted by atomic mass is 10.4. The molecule has 0 aromatic carbocycles. The smallest absolute Gasteiger partial charge is 0.192 e. The molecule has 0 bridgehead atoms. The molecule has 8 heavy (non-hydrogen) atoms. The normalized spacial score (nSPS) is 13.0. The van der Waals surface area contributed by atoms with Crippen LogP contribution < -0.4 is 0 Å². The monoisotopic (exact) mass is 173 g/mol. The Morgan fingerprint density at radius 2 is 2.12 bits per heavy atom. The summed E-state index contributed by atoms with van der Waals surface area (Å²) in [5.41, 5.74) is 0. The lowest BCUT2D eigenvalue weighted by Crippen LogP contribution is -1.99.